The van der Waals surface area contributed by atoms with Crippen LogP contribution in [0.2, 0.25) is 0 Å². The maximum atomic E-state index is 12.5. The Labute approximate surface area is 101 Å². The summed E-state index contributed by atoms with van der Waals surface area (Å²) in [6.07, 6.45) is 4.68. The summed E-state index contributed by atoms with van der Waals surface area (Å²) in [5.41, 5.74) is 0. The van der Waals surface area contributed by atoms with Crippen molar-refractivity contribution in [2.24, 2.45) is 0 Å². The van der Waals surface area contributed by atoms with Crippen molar-refractivity contribution in [2.45, 2.75) is 62.2 Å². The zero-order chi connectivity index (χ0) is 11.5. The lowest BCUT2D eigenvalue weighted by Crippen LogP contribution is -2.42. The lowest BCUT2D eigenvalue weighted by molar-refractivity contribution is 0.126. The van der Waals surface area contributed by atoms with Crippen molar-refractivity contribution >= 4 is 10.8 Å². The molecule has 0 aromatic carbocycles. The van der Waals surface area contributed by atoms with Crippen molar-refractivity contribution in [2.75, 3.05) is 13.2 Å². The molecule has 2 aliphatic rings. The zero-order valence-corrected chi connectivity index (χ0v) is 11.1. The molecule has 1 heterocycles. The minimum Gasteiger partial charge on any atom is -0.377 e. The predicted molar refractivity (Wildman–Crippen MR) is 67.1 cm³/mol. The van der Waals surface area contributed by atoms with Gasteiger partial charge in [-0.25, -0.2) is 0 Å². The number of hydrogen-bond donors (Lipinski definition) is 1. The molecule has 1 saturated carbocycles. The molecular formula is C12H23NO2S. The Kier molecular flexibility index (Phi) is 4.39. The molecule has 1 N–H and O–H groups in total. The molecule has 1 aliphatic carbocycles. The fourth-order valence-electron chi connectivity index (χ4n) is 2.94. The highest BCUT2D eigenvalue weighted by atomic mass is 32.2. The Hall–Kier alpha value is 0.0700. The minimum atomic E-state index is -0.720. The van der Waals surface area contributed by atoms with Gasteiger partial charge in [0.1, 0.15) is 0 Å². The number of nitrogens with one attached hydrogen (secondary N) is 1. The minimum absolute atomic E-state index is 0.184. The van der Waals surface area contributed by atoms with Crippen LogP contribution in [-0.2, 0) is 15.5 Å². The molecule has 16 heavy (non-hydrogen) atoms. The van der Waals surface area contributed by atoms with Crippen LogP contribution >= 0.6 is 0 Å². The highest BCUT2D eigenvalue weighted by Gasteiger charge is 2.39. The second kappa shape index (κ2) is 5.61. The molecule has 4 heteroatoms. The number of rotatable bonds is 4. The van der Waals surface area contributed by atoms with Crippen LogP contribution in [0.3, 0.4) is 0 Å². The van der Waals surface area contributed by atoms with Crippen molar-refractivity contribution in [3.05, 3.63) is 0 Å². The molecule has 2 fully saturated rings. The summed E-state index contributed by atoms with van der Waals surface area (Å²) in [4.78, 5) is 0. The van der Waals surface area contributed by atoms with Crippen LogP contribution in [0, 0.1) is 0 Å². The summed E-state index contributed by atoms with van der Waals surface area (Å²) in [5, 5.41) is 4.10. The van der Waals surface area contributed by atoms with Gasteiger partial charge in [-0.2, -0.15) is 0 Å². The second-order valence-corrected chi connectivity index (χ2v) is 6.73. The van der Waals surface area contributed by atoms with Crippen LogP contribution in [0.5, 0.6) is 0 Å². The first-order valence-corrected chi connectivity index (χ1v) is 7.76. The predicted octanol–water partition coefficient (Wildman–Crippen LogP) is 1.44. The van der Waals surface area contributed by atoms with E-state index in [0.29, 0.717) is 11.3 Å². The molecule has 1 aliphatic heterocycles. The number of hydrogen-bond acceptors (Lipinski definition) is 3. The van der Waals surface area contributed by atoms with Crippen LogP contribution in [0.15, 0.2) is 0 Å². The van der Waals surface area contributed by atoms with E-state index in [1.807, 2.05) is 0 Å². The van der Waals surface area contributed by atoms with Crippen molar-refractivity contribution in [3.63, 3.8) is 0 Å². The van der Waals surface area contributed by atoms with E-state index in [9.17, 15) is 4.21 Å². The summed E-state index contributed by atoms with van der Waals surface area (Å²) in [5.74, 6) is 0. The van der Waals surface area contributed by atoms with Gasteiger partial charge >= 0.3 is 0 Å². The first kappa shape index (κ1) is 12.5. The average molecular weight is 245 g/mol. The van der Waals surface area contributed by atoms with Gasteiger partial charge in [-0.15, -0.1) is 0 Å². The van der Waals surface area contributed by atoms with Crippen LogP contribution < -0.4 is 5.32 Å². The molecule has 0 spiro atoms. The SMILES string of the molecule is CCNC1CCCC1S(=O)C1CCOC1C. The molecule has 2 rings (SSSR count). The summed E-state index contributed by atoms with van der Waals surface area (Å²) in [6.45, 7) is 5.96. The normalized spacial score (nSPS) is 41.4. The van der Waals surface area contributed by atoms with Crippen LogP contribution in [0.4, 0.5) is 0 Å². The Bertz CT molecular complexity index is 259. The van der Waals surface area contributed by atoms with E-state index in [2.05, 4.69) is 19.2 Å². The molecule has 3 nitrogen and oxygen atoms in total. The van der Waals surface area contributed by atoms with Crippen LogP contribution in [0.25, 0.3) is 0 Å². The lowest BCUT2D eigenvalue weighted by atomic mass is 10.2. The lowest BCUT2D eigenvalue weighted by Gasteiger charge is -2.24. The highest BCUT2D eigenvalue weighted by Crippen LogP contribution is 2.30. The maximum absolute atomic E-state index is 12.5. The fraction of sp³-hybridized carbons (Fsp3) is 1.00. The molecule has 5 unspecified atom stereocenters. The average Bonchev–Trinajstić information content (AvgIpc) is 2.87. The first-order valence-electron chi connectivity index (χ1n) is 6.48. The van der Waals surface area contributed by atoms with E-state index in [4.69, 9.17) is 4.74 Å². The van der Waals surface area contributed by atoms with Crippen molar-refractivity contribution < 1.29 is 8.95 Å². The smallest absolute Gasteiger partial charge is 0.0691 e. The van der Waals surface area contributed by atoms with Crippen LogP contribution in [-0.4, -0.2) is 40.0 Å². The van der Waals surface area contributed by atoms with Gasteiger partial charge in [0.2, 0.25) is 0 Å². The Morgan fingerprint density at radius 1 is 1.31 bits per heavy atom. The maximum Gasteiger partial charge on any atom is 0.0691 e. The van der Waals surface area contributed by atoms with E-state index in [1.54, 1.807) is 0 Å². The molecule has 0 radical (unpaired) electrons. The van der Waals surface area contributed by atoms with E-state index < -0.39 is 10.8 Å². The zero-order valence-electron chi connectivity index (χ0n) is 10.3. The van der Waals surface area contributed by atoms with Gasteiger partial charge in [0.05, 0.1) is 16.6 Å². The molecule has 5 atom stereocenters. The standard InChI is InChI=1S/C12H23NO2S/c1-3-13-10-5-4-6-12(10)16(14)11-7-8-15-9(11)2/h9-13H,3-8H2,1-2H3. The van der Waals surface area contributed by atoms with E-state index in [1.165, 1.54) is 12.8 Å². The summed E-state index contributed by atoms with van der Waals surface area (Å²) in [6, 6.07) is 0.471. The van der Waals surface area contributed by atoms with Crippen molar-refractivity contribution in [1.29, 1.82) is 0 Å². The second-order valence-electron chi connectivity index (χ2n) is 4.87. The third-order valence-electron chi connectivity index (χ3n) is 3.82. The van der Waals surface area contributed by atoms with E-state index >= 15 is 0 Å². The van der Waals surface area contributed by atoms with E-state index in [-0.39, 0.29) is 11.4 Å². The Morgan fingerprint density at radius 2 is 2.12 bits per heavy atom. The summed E-state index contributed by atoms with van der Waals surface area (Å²) >= 11 is 0. The molecule has 1 saturated heterocycles. The quantitative estimate of drug-likeness (QED) is 0.814. The molecular weight excluding hydrogens is 222 g/mol. The Balaban J connectivity index is 1.97. The van der Waals surface area contributed by atoms with Crippen LogP contribution in [0.1, 0.15) is 39.5 Å². The summed E-state index contributed by atoms with van der Waals surface area (Å²) < 4.78 is 18.1. The highest BCUT2D eigenvalue weighted by molar-refractivity contribution is 7.86. The first-order chi connectivity index (χ1) is 7.74. The fourth-order valence-corrected chi connectivity index (χ4v) is 5.13. The van der Waals surface area contributed by atoms with Gasteiger partial charge < -0.3 is 10.1 Å². The topological polar surface area (TPSA) is 38.3 Å². The van der Waals surface area contributed by atoms with Gasteiger partial charge in [0.25, 0.3) is 0 Å². The van der Waals surface area contributed by atoms with Gasteiger partial charge in [0, 0.05) is 23.4 Å². The monoisotopic (exact) mass is 245 g/mol. The third kappa shape index (κ3) is 2.49. The molecule has 0 aromatic heterocycles. The van der Waals surface area contributed by atoms with Crippen molar-refractivity contribution in [3.8, 4) is 0 Å². The van der Waals surface area contributed by atoms with Gasteiger partial charge in [0.15, 0.2) is 0 Å². The summed E-state index contributed by atoms with van der Waals surface area (Å²) in [7, 11) is -0.720. The third-order valence-corrected chi connectivity index (χ3v) is 6.20. The van der Waals surface area contributed by atoms with Gasteiger partial charge in [-0.1, -0.05) is 13.3 Å². The van der Waals surface area contributed by atoms with Crippen molar-refractivity contribution in [1.82, 2.24) is 5.32 Å². The van der Waals surface area contributed by atoms with Gasteiger partial charge in [-0.05, 0) is 32.7 Å². The molecule has 0 aromatic rings. The van der Waals surface area contributed by atoms with Gasteiger partial charge in [-0.3, -0.25) is 4.21 Å². The number of ether oxygens (including phenoxy) is 1. The largest absolute Gasteiger partial charge is 0.377 e. The molecule has 0 amide bonds. The molecule has 0 bridgehead atoms. The molecule has 94 valence electrons. The Morgan fingerprint density at radius 3 is 2.75 bits per heavy atom. The van der Waals surface area contributed by atoms with E-state index in [0.717, 1.165) is 26.0 Å².